The minimum Gasteiger partial charge on any atom is -0.467 e. The van der Waals surface area contributed by atoms with Crippen molar-refractivity contribution in [2.24, 2.45) is 5.84 Å². The lowest BCUT2D eigenvalue weighted by Crippen LogP contribution is -2.30. The largest absolute Gasteiger partial charge is 0.467 e. The fraction of sp³-hybridized carbons (Fsp3) is 0.0714. The lowest BCUT2D eigenvalue weighted by atomic mass is 10.2. The van der Waals surface area contributed by atoms with Crippen molar-refractivity contribution in [2.75, 3.05) is 0 Å². The number of hydrogen-bond donors (Lipinski definition) is 2. The number of hydrazine groups is 1. The van der Waals surface area contributed by atoms with Gasteiger partial charge in [-0.2, -0.15) is 0 Å². The molecule has 3 N–H and O–H groups in total. The molecule has 20 heavy (non-hydrogen) atoms. The number of carbonyl (C=O) groups excluding carboxylic acids is 1. The Kier molecular flexibility index (Phi) is 3.22. The normalized spacial score (nSPS) is 10.9. The summed E-state index contributed by atoms with van der Waals surface area (Å²) in [6.07, 6.45) is 3.38. The molecule has 102 valence electrons. The Labute approximate surface area is 119 Å². The van der Waals surface area contributed by atoms with Crippen LogP contribution in [0.3, 0.4) is 0 Å². The Morgan fingerprint density at radius 2 is 2.20 bits per heavy atom. The molecular weight excluding hydrogens is 278 g/mol. The van der Waals surface area contributed by atoms with Crippen molar-refractivity contribution in [3.05, 3.63) is 59.1 Å². The average Bonchev–Trinajstić information content (AvgIpc) is 3.07. The van der Waals surface area contributed by atoms with Gasteiger partial charge in [0, 0.05) is 22.1 Å². The minimum atomic E-state index is -0.372. The van der Waals surface area contributed by atoms with Gasteiger partial charge in [-0.05, 0) is 24.3 Å². The number of fused-ring (bicyclic) bond motifs is 1. The van der Waals surface area contributed by atoms with Crippen LogP contribution in [0.4, 0.5) is 0 Å². The number of carbonyl (C=O) groups is 1. The third-order valence-electron chi connectivity index (χ3n) is 3.20. The van der Waals surface area contributed by atoms with Gasteiger partial charge >= 0.3 is 0 Å². The third-order valence-corrected chi connectivity index (χ3v) is 3.53. The number of nitrogen functional groups attached to an aromatic ring is 1. The first-order chi connectivity index (χ1) is 9.70. The highest BCUT2D eigenvalue weighted by molar-refractivity contribution is 6.35. The Bertz CT molecular complexity index is 776. The van der Waals surface area contributed by atoms with E-state index in [-0.39, 0.29) is 5.91 Å². The summed E-state index contributed by atoms with van der Waals surface area (Å²) < 4.78 is 7.34. The zero-order chi connectivity index (χ0) is 14.1. The molecule has 2 heterocycles. The molecule has 5 nitrogen and oxygen atoms in total. The number of nitrogens with zero attached hydrogens (tertiary/aromatic N) is 1. The van der Waals surface area contributed by atoms with Gasteiger partial charge in [0.15, 0.2) is 0 Å². The first-order valence-electron chi connectivity index (χ1n) is 6.01. The lowest BCUT2D eigenvalue weighted by Gasteiger charge is -2.05. The van der Waals surface area contributed by atoms with E-state index in [2.05, 4.69) is 5.43 Å². The maximum atomic E-state index is 11.6. The summed E-state index contributed by atoms with van der Waals surface area (Å²) in [5.74, 6) is 5.33. The molecule has 3 rings (SSSR count). The molecule has 0 aliphatic carbocycles. The molecule has 0 bridgehead atoms. The van der Waals surface area contributed by atoms with E-state index in [4.69, 9.17) is 21.9 Å². The van der Waals surface area contributed by atoms with Crippen LogP contribution in [0.1, 0.15) is 16.1 Å². The third kappa shape index (κ3) is 2.07. The molecular formula is C14H12ClN3O2. The predicted molar refractivity (Wildman–Crippen MR) is 76.4 cm³/mol. The summed E-state index contributed by atoms with van der Waals surface area (Å²) in [6.45, 7) is 0.430. The first kappa shape index (κ1) is 12.8. The first-order valence-corrected chi connectivity index (χ1v) is 6.39. The molecule has 6 heteroatoms. The summed E-state index contributed by atoms with van der Waals surface area (Å²) in [6, 6.07) is 9.22. The zero-order valence-electron chi connectivity index (χ0n) is 10.5. The molecule has 0 saturated heterocycles. The number of furan rings is 1. The number of rotatable bonds is 3. The van der Waals surface area contributed by atoms with Crippen LogP contribution in [0.15, 0.2) is 47.2 Å². The highest BCUT2D eigenvalue weighted by atomic mass is 35.5. The van der Waals surface area contributed by atoms with Crippen LogP contribution in [0.2, 0.25) is 5.02 Å². The number of hydrogen-bond acceptors (Lipinski definition) is 3. The van der Waals surface area contributed by atoms with Crippen LogP contribution in [-0.2, 0) is 6.54 Å². The molecule has 0 saturated carbocycles. The van der Waals surface area contributed by atoms with E-state index in [0.717, 1.165) is 10.9 Å². The van der Waals surface area contributed by atoms with Crippen LogP contribution in [0.5, 0.6) is 0 Å². The van der Waals surface area contributed by atoms with Crippen molar-refractivity contribution in [3.8, 4) is 0 Å². The zero-order valence-corrected chi connectivity index (χ0v) is 11.2. The van der Waals surface area contributed by atoms with Crippen LogP contribution >= 0.6 is 11.6 Å². The van der Waals surface area contributed by atoms with Gasteiger partial charge in [0.1, 0.15) is 5.76 Å². The SMILES string of the molecule is NNC(=O)c1ccoc1Cn1ccc2c(Cl)cccc21. The minimum absolute atomic E-state index is 0.372. The second kappa shape index (κ2) is 5.03. The van der Waals surface area contributed by atoms with Crippen LogP contribution in [-0.4, -0.2) is 10.5 Å². The Balaban J connectivity index is 2.00. The molecule has 0 unspecified atom stereocenters. The van der Waals surface area contributed by atoms with Gasteiger partial charge in [0.05, 0.1) is 18.4 Å². The smallest absolute Gasteiger partial charge is 0.268 e. The van der Waals surface area contributed by atoms with E-state index >= 15 is 0 Å². The molecule has 0 aliphatic rings. The number of aromatic nitrogens is 1. The Morgan fingerprint density at radius 3 is 3.00 bits per heavy atom. The van der Waals surface area contributed by atoms with Gasteiger partial charge in [0.2, 0.25) is 0 Å². The molecule has 0 aliphatic heterocycles. The van der Waals surface area contributed by atoms with Gasteiger partial charge in [0.25, 0.3) is 5.91 Å². The molecule has 1 amide bonds. The summed E-state index contributed by atoms with van der Waals surface area (Å²) in [7, 11) is 0. The number of amides is 1. The second-order valence-corrected chi connectivity index (χ2v) is 4.75. The standard InChI is InChI=1S/C14H12ClN3O2/c15-11-2-1-3-12-9(11)4-6-18(12)8-13-10(5-7-20-13)14(19)17-16/h1-7H,8,16H2,(H,17,19). The van der Waals surface area contributed by atoms with Crippen molar-refractivity contribution in [1.29, 1.82) is 0 Å². The molecule has 3 aromatic rings. The lowest BCUT2D eigenvalue weighted by molar-refractivity contribution is 0.0951. The maximum absolute atomic E-state index is 11.6. The monoisotopic (exact) mass is 289 g/mol. The van der Waals surface area contributed by atoms with E-state index < -0.39 is 0 Å². The highest BCUT2D eigenvalue weighted by Gasteiger charge is 2.15. The van der Waals surface area contributed by atoms with Crippen molar-refractivity contribution in [1.82, 2.24) is 9.99 Å². The van der Waals surface area contributed by atoms with Crippen molar-refractivity contribution in [2.45, 2.75) is 6.54 Å². The Morgan fingerprint density at radius 1 is 1.35 bits per heavy atom. The fourth-order valence-corrected chi connectivity index (χ4v) is 2.45. The summed E-state index contributed by atoms with van der Waals surface area (Å²) in [5, 5.41) is 1.66. The summed E-state index contributed by atoms with van der Waals surface area (Å²) in [5.41, 5.74) is 3.51. The number of nitrogens with two attached hydrogens (primary N) is 1. The van der Waals surface area contributed by atoms with E-state index in [0.29, 0.717) is 22.9 Å². The van der Waals surface area contributed by atoms with Crippen molar-refractivity contribution >= 4 is 28.4 Å². The summed E-state index contributed by atoms with van der Waals surface area (Å²) in [4.78, 5) is 11.6. The Hall–Kier alpha value is -2.24. The van der Waals surface area contributed by atoms with Gasteiger partial charge in [-0.15, -0.1) is 0 Å². The second-order valence-electron chi connectivity index (χ2n) is 4.35. The molecule has 0 radical (unpaired) electrons. The molecule has 0 fully saturated rings. The summed E-state index contributed by atoms with van der Waals surface area (Å²) >= 11 is 6.14. The van der Waals surface area contributed by atoms with Gasteiger partial charge in [-0.1, -0.05) is 17.7 Å². The van der Waals surface area contributed by atoms with E-state index in [1.165, 1.54) is 6.26 Å². The van der Waals surface area contributed by atoms with E-state index in [1.807, 2.05) is 35.0 Å². The highest BCUT2D eigenvalue weighted by Crippen LogP contribution is 2.25. The molecule has 0 spiro atoms. The van der Waals surface area contributed by atoms with Gasteiger partial charge in [-0.3, -0.25) is 10.2 Å². The fourth-order valence-electron chi connectivity index (χ4n) is 2.22. The van der Waals surface area contributed by atoms with Gasteiger partial charge in [-0.25, -0.2) is 5.84 Å². The van der Waals surface area contributed by atoms with Gasteiger partial charge < -0.3 is 8.98 Å². The number of benzene rings is 1. The van der Waals surface area contributed by atoms with Crippen LogP contribution in [0.25, 0.3) is 10.9 Å². The average molecular weight is 290 g/mol. The van der Waals surface area contributed by atoms with E-state index in [1.54, 1.807) is 6.07 Å². The quantitative estimate of drug-likeness (QED) is 0.442. The topological polar surface area (TPSA) is 73.2 Å². The number of halogens is 1. The van der Waals surface area contributed by atoms with Crippen LogP contribution in [0, 0.1) is 0 Å². The van der Waals surface area contributed by atoms with Crippen molar-refractivity contribution in [3.63, 3.8) is 0 Å². The molecule has 0 atom stereocenters. The van der Waals surface area contributed by atoms with E-state index in [9.17, 15) is 4.79 Å². The van der Waals surface area contributed by atoms with Crippen LogP contribution < -0.4 is 11.3 Å². The molecule has 1 aromatic carbocycles. The van der Waals surface area contributed by atoms with Crippen molar-refractivity contribution < 1.29 is 9.21 Å². The molecule has 2 aromatic heterocycles. The number of nitrogens with one attached hydrogen (secondary N) is 1. The maximum Gasteiger partial charge on any atom is 0.268 e. The predicted octanol–water partition coefficient (Wildman–Crippen LogP) is 2.54.